The minimum absolute atomic E-state index is 0.221. The van der Waals surface area contributed by atoms with Crippen molar-refractivity contribution in [1.82, 2.24) is 0 Å². The first kappa shape index (κ1) is 15.8. The van der Waals surface area contributed by atoms with Gasteiger partial charge in [0.25, 0.3) is 0 Å². The molecule has 4 nitrogen and oxygen atoms in total. The molecule has 0 aliphatic carbocycles. The van der Waals surface area contributed by atoms with E-state index >= 15 is 0 Å². The first-order valence-electron chi connectivity index (χ1n) is 6.40. The molecule has 0 radical (unpaired) electrons. The van der Waals surface area contributed by atoms with E-state index in [9.17, 15) is 5.21 Å². The lowest BCUT2D eigenvalue weighted by Crippen LogP contribution is -2.50. The highest BCUT2D eigenvalue weighted by atomic mass is 16.6. The Labute approximate surface area is 99.1 Å². The largest absolute Gasteiger partial charge is 0.629 e. The third-order valence-corrected chi connectivity index (χ3v) is 3.26. The Morgan fingerprint density at radius 2 is 1.50 bits per heavy atom. The molecule has 2 N–H and O–H groups in total. The van der Waals surface area contributed by atoms with E-state index in [-0.39, 0.29) is 6.04 Å². The highest BCUT2D eigenvalue weighted by molar-refractivity contribution is 4.54. The second-order valence-corrected chi connectivity index (χ2v) is 4.64. The molecule has 16 heavy (non-hydrogen) atoms. The van der Waals surface area contributed by atoms with E-state index in [2.05, 4.69) is 6.92 Å². The van der Waals surface area contributed by atoms with Crippen LogP contribution in [0.15, 0.2) is 0 Å². The quantitative estimate of drug-likeness (QED) is 0.263. The van der Waals surface area contributed by atoms with E-state index in [1.807, 2.05) is 0 Å². The maximum absolute atomic E-state index is 11.7. The lowest BCUT2D eigenvalue weighted by atomic mass is 10.1. The maximum atomic E-state index is 11.7. The molecule has 0 aromatic rings. The van der Waals surface area contributed by atoms with Crippen LogP contribution in [0, 0.1) is 5.21 Å². The molecule has 0 saturated carbocycles. The van der Waals surface area contributed by atoms with Crippen LogP contribution >= 0.6 is 0 Å². The van der Waals surface area contributed by atoms with Gasteiger partial charge in [0.1, 0.15) is 0 Å². The van der Waals surface area contributed by atoms with Crippen LogP contribution in [-0.2, 0) is 0 Å². The SMILES string of the molecule is CCCCCCCCC(C)[N+]([O-])(CO)CO. The number of hydroxylamine groups is 3. The smallest absolute Gasteiger partial charge is 0.182 e. The van der Waals surface area contributed by atoms with E-state index < -0.39 is 18.1 Å². The van der Waals surface area contributed by atoms with Gasteiger partial charge in [-0.15, -0.1) is 0 Å². The molecule has 0 heterocycles. The summed E-state index contributed by atoms with van der Waals surface area (Å²) >= 11 is 0. The highest BCUT2D eigenvalue weighted by Gasteiger charge is 2.22. The summed E-state index contributed by atoms with van der Waals surface area (Å²) in [4.78, 5) is 0. The summed E-state index contributed by atoms with van der Waals surface area (Å²) in [7, 11) is 0. The molecule has 1 unspecified atom stereocenters. The second kappa shape index (κ2) is 8.93. The lowest BCUT2D eigenvalue weighted by Gasteiger charge is -2.43. The van der Waals surface area contributed by atoms with Gasteiger partial charge in [0.05, 0.1) is 6.04 Å². The van der Waals surface area contributed by atoms with E-state index in [4.69, 9.17) is 10.2 Å². The van der Waals surface area contributed by atoms with Gasteiger partial charge in [-0.25, -0.2) is 0 Å². The number of rotatable bonds is 10. The molecule has 0 fully saturated rings. The fraction of sp³-hybridized carbons (Fsp3) is 1.00. The number of nitrogens with zero attached hydrogens (tertiary/aromatic N) is 1. The van der Waals surface area contributed by atoms with Crippen molar-refractivity contribution in [2.45, 2.75) is 64.8 Å². The zero-order chi connectivity index (χ0) is 12.4. The van der Waals surface area contributed by atoms with Crippen LogP contribution in [-0.4, -0.2) is 34.4 Å². The molecule has 0 aromatic carbocycles. The van der Waals surface area contributed by atoms with Gasteiger partial charge in [0, 0.05) is 0 Å². The Bertz CT molecular complexity index is 160. The molecule has 0 rings (SSSR count). The normalized spacial score (nSPS) is 14.1. The van der Waals surface area contributed by atoms with Crippen LogP contribution in [0.25, 0.3) is 0 Å². The Balaban J connectivity index is 3.60. The summed E-state index contributed by atoms with van der Waals surface area (Å²) in [6.45, 7) is 2.92. The minimum Gasteiger partial charge on any atom is -0.629 e. The zero-order valence-corrected chi connectivity index (χ0v) is 10.7. The van der Waals surface area contributed by atoms with Crippen molar-refractivity contribution in [3.8, 4) is 0 Å². The fourth-order valence-corrected chi connectivity index (χ4v) is 1.78. The Morgan fingerprint density at radius 3 is 2.00 bits per heavy atom. The van der Waals surface area contributed by atoms with E-state index in [0.717, 1.165) is 19.3 Å². The van der Waals surface area contributed by atoms with Gasteiger partial charge in [-0.2, -0.15) is 0 Å². The van der Waals surface area contributed by atoms with Crippen molar-refractivity contribution in [3.63, 3.8) is 0 Å². The monoisotopic (exact) mass is 233 g/mol. The van der Waals surface area contributed by atoms with E-state index in [0.29, 0.717) is 0 Å². The number of hydrogen-bond donors (Lipinski definition) is 2. The topological polar surface area (TPSA) is 63.5 Å². The molecule has 0 aromatic heterocycles. The van der Waals surface area contributed by atoms with E-state index in [1.165, 1.54) is 25.7 Å². The van der Waals surface area contributed by atoms with Crippen LogP contribution in [0.5, 0.6) is 0 Å². The molecule has 0 amide bonds. The van der Waals surface area contributed by atoms with Gasteiger partial charge in [0.2, 0.25) is 0 Å². The third-order valence-electron chi connectivity index (χ3n) is 3.26. The van der Waals surface area contributed by atoms with Gasteiger partial charge in [0.15, 0.2) is 13.5 Å². The number of aliphatic hydroxyl groups is 2. The number of aliphatic hydroxyl groups excluding tert-OH is 2. The number of unbranched alkanes of at least 4 members (excludes halogenated alkanes) is 5. The summed E-state index contributed by atoms with van der Waals surface area (Å²) in [6, 6.07) is -0.221. The molecule has 0 aliphatic heterocycles. The molecule has 0 saturated heterocycles. The standard InChI is InChI=1S/C12H27NO3/c1-3-4-5-6-7-8-9-12(2)13(16,10-14)11-15/h12,14-15H,3-11H2,1-2H3. The maximum Gasteiger partial charge on any atom is 0.182 e. The average Bonchev–Trinajstić information content (AvgIpc) is 2.32. The second-order valence-electron chi connectivity index (χ2n) is 4.64. The zero-order valence-electron chi connectivity index (χ0n) is 10.7. The Kier molecular flexibility index (Phi) is 8.84. The molecule has 4 heteroatoms. The van der Waals surface area contributed by atoms with E-state index in [1.54, 1.807) is 6.92 Å². The van der Waals surface area contributed by atoms with Crippen LogP contribution in [0.3, 0.4) is 0 Å². The van der Waals surface area contributed by atoms with Crippen LogP contribution in [0.1, 0.15) is 58.8 Å². The van der Waals surface area contributed by atoms with Crippen molar-refractivity contribution in [2.24, 2.45) is 0 Å². The fourth-order valence-electron chi connectivity index (χ4n) is 1.78. The lowest BCUT2D eigenvalue weighted by molar-refractivity contribution is -0.938. The predicted molar refractivity (Wildman–Crippen MR) is 65.3 cm³/mol. The molecular weight excluding hydrogens is 206 g/mol. The molecular formula is C12H27NO3. The summed E-state index contributed by atoms with van der Waals surface area (Å²) in [5, 5.41) is 29.6. The van der Waals surface area contributed by atoms with Crippen LogP contribution in [0.2, 0.25) is 0 Å². The van der Waals surface area contributed by atoms with Crippen molar-refractivity contribution in [1.29, 1.82) is 0 Å². The predicted octanol–water partition coefficient (Wildman–Crippen LogP) is 2.34. The summed E-state index contributed by atoms with van der Waals surface area (Å²) in [6.07, 6.45) is 7.93. The van der Waals surface area contributed by atoms with Crippen molar-refractivity contribution >= 4 is 0 Å². The highest BCUT2D eigenvalue weighted by Crippen LogP contribution is 2.16. The van der Waals surface area contributed by atoms with Crippen molar-refractivity contribution < 1.29 is 14.9 Å². The molecule has 98 valence electrons. The summed E-state index contributed by atoms with van der Waals surface area (Å²) in [5.74, 6) is 0. The molecule has 0 aliphatic rings. The molecule has 0 bridgehead atoms. The van der Waals surface area contributed by atoms with Gasteiger partial charge >= 0.3 is 0 Å². The molecule has 0 spiro atoms. The first-order chi connectivity index (χ1) is 7.60. The van der Waals surface area contributed by atoms with Crippen molar-refractivity contribution in [2.75, 3.05) is 13.5 Å². The summed E-state index contributed by atoms with van der Waals surface area (Å²) < 4.78 is -0.894. The van der Waals surface area contributed by atoms with Gasteiger partial charge in [-0.1, -0.05) is 39.0 Å². The Hall–Kier alpha value is -0.160. The van der Waals surface area contributed by atoms with Gasteiger partial charge in [-0.05, 0) is 19.8 Å². The Morgan fingerprint density at radius 1 is 1.00 bits per heavy atom. The average molecular weight is 233 g/mol. The summed E-state index contributed by atoms with van der Waals surface area (Å²) in [5.41, 5.74) is 0. The first-order valence-corrected chi connectivity index (χ1v) is 6.40. The van der Waals surface area contributed by atoms with Gasteiger partial charge in [-0.3, -0.25) is 0 Å². The van der Waals surface area contributed by atoms with Crippen LogP contribution < -0.4 is 0 Å². The third kappa shape index (κ3) is 5.80. The number of quaternary nitrogens is 1. The van der Waals surface area contributed by atoms with Crippen molar-refractivity contribution in [3.05, 3.63) is 5.21 Å². The molecule has 1 atom stereocenters. The van der Waals surface area contributed by atoms with Crippen LogP contribution in [0.4, 0.5) is 0 Å². The van der Waals surface area contributed by atoms with Gasteiger partial charge < -0.3 is 20.1 Å². The number of hydrogen-bond acceptors (Lipinski definition) is 3. The minimum atomic E-state index is -0.894.